The quantitative estimate of drug-likeness (QED) is 0.530. The minimum atomic E-state index is -0.308. The molecule has 25 heavy (non-hydrogen) atoms. The highest BCUT2D eigenvalue weighted by molar-refractivity contribution is 6.32. The van der Waals surface area contributed by atoms with Crippen LogP contribution in [0.5, 0.6) is 0 Å². The number of aryl methyl sites for hydroxylation is 1. The summed E-state index contributed by atoms with van der Waals surface area (Å²) in [5, 5.41) is 2.11. The highest BCUT2D eigenvalue weighted by Crippen LogP contribution is 2.27. The summed E-state index contributed by atoms with van der Waals surface area (Å²) in [4.78, 5) is 17.6. The zero-order valence-corrected chi connectivity index (χ0v) is 14.2. The molecule has 3 aromatic rings. The Morgan fingerprint density at radius 1 is 1.28 bits per heavy atom. The van der Waals surface area contributed by atoms with Crippen molar-refractivity contribution >= 4 is 39.7 Å². The molecule has 0 unspecified atom stereocenters. The lowest BCUT2D eigenvalue weighted by atomic mass is 10.2. The zero-order chi connectivity index (χ0) is 17.6. The predicted octanol–water partition coefficient (Wildman–Crippen LogP) is 2.97. The number of nitrogens with two attached hydrogens (primary N) is 1. The molecule has 3 heterocycles. The molecule has 0 aliphatic carbocycles. The maximum atomic E-state index is 12.1. The van der Waals surface area contributed by atoms with Gasteiger partial charge in [0.25, 0.3) is 0 Å². The number of unbranched alkanes of at least 4 members (excludes halogenated alkanes) is 1. The molecule has 0 aliphatic rings. The van der Waals surface area contributed by atoms with Gasteiger partial charge in [0, 0.05) is 49.5 Å². The van der Waals surface area contributed by atoms with E-state index in [-0.39, 0.29) is 13.2 Å². The van der Waals surface area contributed by atoms with Gasteiger partial charge in [-0.1, -0.05) is 0 Å². The fraction of sp³-hybridized carbons (Fsp3) is 0.333. The summed E-state index contributed by atoms with van der Waals surface area (Å²) in [5.41, 5.74) is 8.31. The standard InChI is InChI=1S/C18H21FN6/c1-25-16-6-9-22-12-15(16)14-4-5-17(24-18(14)25)23-13(10-20)11-21-8-3-2-7-19/h4-6,9,11-12H,2-3,7-8,10,20H2,1H3. The summed E-state index contributed by atoms with van der Waals surface area (Å²) in [6, 6.07) is 5.83. The lowest BCUT2D eigenvalue weighted by Crippen LogP contribution is -2.15. The van der Waals surface area contributed by atoms with Gasteiger partial charge < -0.3 is 10.3 Å². The molecule has 0 radical (unpaired) electrons. The van der Waals surface area contributed by atoms with Crippen LogP contribution in [0.2, 0.25) is 0 Å². The Hall–Kier alpha value is -2.67. The van der Waals surface area contributed by atoms with Crippen molar-refractivity contribution in [2.45, 2.75) is 12.8 Å². The van der Waals surface area contributed by atoms with Gasteiger partial charge in [0.1, 0.15) is 5.65 Å². The van der Waals surface area contributed by atoms with Crippen LogP contribution in [0.15, 0.2) is 40.6 Å². The van der Waals surface area contributed by atoms with E-state index >= 15 is 0 Å². The second-order valence-electron chi connectivity index (χ2n) is 5.73. The number of aliphatic imine (C=N–C) groups is 2. The van der Waals surface area contributed by atoms with Crippen molar-refractivity contribution in [2.24, 2.45) is 22.8 Å². The van der Waals surface area contributed by atoms with E-state index in [2.05, 4.69) is 20.0 Å². The van der Waals surface area contributed by atoms with E-state index in [0.29, 0.717) is 24.5 Å². The molecule has 0 aromatic carbocycles. The summed E-state index contributed by atoms with van der Waals surface area (Å²) >= 11 is 0. The van der Waals surface area contributed by atoms with E-state index in [1.807, 2.05) is 36.0 Å². The van der Waals surface area contributed by atoms with Crippen molar-refractivity contribution in [2.75, 3.05) is 19.8 Å². The normalized spacial score (nSPS) is 12.7. The fourth-order valence-corrected chi connectivity index (χ4v) is 2.71. The Morgan fingerprint density at radius 3 is 2.96 bits per heavy atom. The molecule has 0 aliphatic heterocycles. The molecular formula is C18H21FN6. The van der Waals surface area contributed by atoms with Crippen LogP contribution in [0.4, 0.5) is 10.2 Å². The van der Waals surface area contributed by atoms with Crippen molar-refractivity contribution in [3.63, 3.8) is 0 Å². The fourth-order valence-electron chi connectivity index (χ4n) is 2.71. The number of fused-ring (bicyclic) bond motifs is 3. The van der Waals surface area contributed by atoms with Gasteiger partial charge in [0.15, 0.2) is 5.82 Å². The third kappa shape index (κ3) is 3.71. The Balaban J connectivity index is 1.90. The molecule has 2 N–H and O–H groups in total. The van der Waals surface area contributed by atoms with Crippen LogP contribution >= 0.6 is 0 Å². The average Bonchev–Trinajstić information content (AvgIpc) is 2.93. The van der Waals surface area contributed by atoms with Gasteiger partial charge >= 0.3 is 0 Å². The Labute approximate surface area is 145 Å². The van der Waals surface area contributed by atoms with E-state index in [1.165, 1.54) is 0 Å². The highest BCUT2D eigenvalue weighted by Gasteiger charge is 2.09. The van der Waals surface area contributed by atoms with Gasteiger partial charge in [0.2, 0.25) is 0 Å². The first-order chi connectivity index (χ1) is 12.2. The van der Waals surface area contributed by atoms with Crippen LogP contribution in [0.1, 0.15) is 12.8 Å². The molecule has 130 valence electrons. The van der Waals surface area contributed by atoms with E-state index in [0.717, 1.165) is 28.4 Å². The molecule has 0 atom stereocenters. The first-order valence-corrected chi connectivity index (χ1v) is 8.27. The number of halogens is 1. The maximum Gasteiger partial charge on any atom is 0.154 e. The second-order valence-corrected chi connectivity index (χ2v) is 5.73. The van der Waals surface area contributed by atoms with Crippen molar-refractivity contribution in [3.8, 4) is 0 Å². The van der Waals surface area contributed by atoms with E-state index in [9.17, 15) is 4.39 Å². The molecule has 6 nitrogen and oxygen atoms in total. The minimum absolute atomic E-state index is 0.269. The number of hydrogen-bond donors (Lipinski definition) is 1. The summed E-state index contributed by atoms with van der Waals surface area (Å²) in [5.74, 6) is 0.585. The zero-order valence-electron chi connectivity index (χ0n) is 14.2. The van der Waals surface area contributed by atoms with Crippen LogP contribution < -0.4 is 5.73 Å². The SMILES string of the molecule is Cn1c2ccncc2c2ccc(N=C(C=NCCCCF)CN)nc21. The molecule has 0 bridgehead atoms. The Bertz CT molecular complexity index is 928. The number of rotatable bonds is 7. The van der Waals surface area contributed by atoms with E-state index in [1.54, 1.807) is 12.4 Å². The molecular weight excluding hydrogens is 319 g/mol. The van der Waals surface area contributed by atoms with Crippen LogP contribution in [0, 0.1) is 0 Å². The monoisotopic (exact) mass is 340 g/mol. The minimum Gasteiger partial charge on any atom is -0.328 e. The van der Waals surface area contributed by atoms with Crippen molar-refractivity contribution < 1.29 is 4.39 Å². The number of hydrogen-bond acceptors (Lipinski definition) is 5. The largest absolute Gasteiger partial charge is 0.328 e. The summed E-state index contributed by atoms with van der Waals surface area (Å²) < 4.78 is 14.1. The molecule has 0 spiro atoms. The summed E-state index contributed by atoms with van der Waals surface area (Å²) in [7, 11) is 1.97. The van der Waals surface area contributed by atoms with Gasteiger partial charge in [-0.25, -0.2) is 9.98 Å². The van der Waals surface area contributed by atoms with Crippen LogP contribution in [0.3, 0.4) is 0 Å². The predicted molar refractivity (Wildman–Crippen MR) is 101 cm³/mol. The smallest absolute Gasteiger partial charge is 0.154 e. The number of alkyl halides is 1. The van der Waals surface area contributed by atoms with Gasteiger partial charge in [0.05, 0.1) is 17.9 Å². The van der Waals surface area contributed by atoms with Gasteiger partial charge in [-0.15, -0.1) is 0 Å². The maximum absolute atomic E-state index is 12.1. The molecule has 3 rings (SSSR count). The molecule has 0 fully saturated rings. The van der Waals surface area contributed by atoms with Crippen LogP contribution in [-0.4, -0.2) is 46.2 Å². The van der Waals surface area contributed by atoms with Gasteiger partial charge in [-0.3, -0.25) is 14.4 Å². The molecule has 7 heteroatoms. The lowest BCUT2D eigenvalue weighted by Gasteiger charge is -2.00. The van der Waals surface area contributed by atoms with Gasteiger partial charge in [-0.2, -0.15) is 0 Å². The molecule has 0 saturated heterocycles. The highest BCUT2D eigenvalue weighted by atomic mass is 19.1. The number of nitrogens with zero attached hydrogens (tertiary/aromatic N) is 5. The molecule has 0 amide bonds. The first kappa shape index (κ1) is 17.2. The van der Waals surface area contributed by atoms with E-state index < -0.39 is 0 Å². The van der Waals surface area contributed by atoms with Crippen LogP contribution in [-0.2, 0) is 7.05 Å². The summed E-state index contributed by atoms with van der Waals surface area (Å²) in [6.07, 6.45) is 6.51. The average molecular weight is 340 g/mol. The number of pyridine rings is 2. The Morgan fingerprint density at radius 2 is 2.16 bits per heavy atom. The Kier molecular flexibility index (Phi) is 5.45. The third-order valence-electron chi connectivity index (χ3n) is 4.01. The third-order valence-corrected chi connectivity index (χ3v) is 4.01. The lowest BCUT2D eigenvalue weighted by molar-refractivity contribution is 0.464. The van der Waals surface area contributed by atoms with Crippen LogP contribution in [0.25, 0.3) is 21.9 Å². The first-order valence-electron chi connectivity index (χ1n) is 8.27. The number of aromatic nitrogens is 3. The second kappa shape index (κ2) is 7.94. The van der Waals surface area contributed by atoms with Crippen molar-refractivity contribution in [1.82, 2.24) is 14.5 Å². The van der Waals surface area contributed by atoms with Crippen molar-refractivity contribution in [1.29, 1.82) is 0 Å². The molecule has 3 aromatic heterocycles. The summed E-state index contributed by atoms with van der Waals surface area (Å²) in [6.45, 7) is 0.536. The van der Waals surface area contributed by atoms with Crippen molar-refractivity contribution in [3.05, 3.63) is 30.6 Å². The topological polar surface area (TPSA) is 81.5 Å². The van der Waals surface area contributed by atoms with Gasteiger partial charge in [-0.05, 0) is 31.0 Å². The van der Waals surface area contributed by atoms with E-state index in [4.69, 9.17) is 5.73 Å². The molecule has 0 saturated carbocycles.